The molecule has 0 aliphatic heterocycles. The SMILES string of the molecule is CC(C)C(=O)OC(C(F)(F)F)(C(F)(F)F)C(F)(F)F.CC(C)C(=O)OC(F)(F)C(F)(F)C(F)(F)F.CC(C)C(=O)OC(O)(C(F)(F)F)C(F)(F)F.CC(C)C(C)C. The number of rotatable bonds is 8. The summed E-state index contributed by atoms with van der Waals surface area (Å²) in [5.74, 6) is -20.2. The van der Waals surface area contributed by atoms with E-state index in [2.05, 4.69) is 41.9 Å². The summed E-state index contributed by atoms with van der Waals surface area (Å²) in [5.41, 5.74) is -6.53. The number of alkyl halides is 22. The fraction of sp³-hybridized carbons (Fsp3) is 0.893. The van der Waals surface area contributed by atoms with Crippen LogP contribution < -0.4 is 0 Å². The van der Waals surface area contributed by atoms with Crippen LogP contribution in [0, 0.1) is 29.6 Å². The second kappa shape index (κ2) is 20.2. The van der Waals surface area contributed by atoms with Gasteiger partial charge in [-0.25, -0.2) is 0 Å². The zero-order valence-electron chi connectivity index (χ0n) is 30.6. The number of esters is 3. The van der Waals surface area contributed by atoms with Gasteiger partial charge in [0, 0.05) is 0 Å². The third-order valence-corrected chi connectivity index (χ3v) is 6.17. The van der Waals surface area contributed by atoms with Crippen LogP contribution in [0.1, 0.15) is 69.2 Å². The van der Waals surface area contributed by atoms with Crippen LogP contribution in [0.5, 0.6) is 0 Å². The normalized spacial score (nSPS) is 14.0. The molecule has 0 bridgehead atoms. The summed E-state index contributed by atoms with van der Waals surface area (Å²) in [4.78, 5) is 32.0. The second-order valence-electron chi connectivity index (χ2n) is 12.6. The van der Waals surface area contributed by atoms with Gasteiger partial charge in [0.2, 0.25) is 0 Å². The van der Waals surface area contributed by atoms with E-state index in [1.54, 1.807) is 0 Å². The van der Waals surface area contributed by atoms with Gasteiger partial charge in [-0.3, -0.25) is 14.4 Å². The summed E-state index contributed by atoms with van der Waals surface area (Å²) >= 11 is 0. The smallest absolute Gasteiger partial charge is 0.432 e. The molecule has 0 rings (SSSR count). The van der Waals surface area contributed by atoms with E-state index in [1.807, 2.05) is 0 Å². The van der Waals surface area contributed by atoms with Crippen molar-refractivity contribution in [3.63, 3.8) is 0 Å². The predicted molar refractivity (Wildman–Crippen MR) is 146 cm³/mol. The number of carbonyl (C=O) groups is 3. The largest absolute Gasteiger partial charge is 0.476 e. The van der Waals surface area contributed by atoms with Gasteiger partial charge in [0.25, 0.3) is 0 Å². The van der Waals surface area contributed by atoms with Crippen LogP contribution in [0.2, 0.25) is 0 Å². The van der Waals surface area contributed by atoms with Gasteiger partial charge in [0.05, 0.1) is 17.8 Å². The highest BCUT2D eigenvalue weighted by Crippen LogP contribution is 2.55. The molecule has 0 saturated heterocycles. The molecular formula is C28H36F22O7. The Bertz CT molecular complexity index is 1200. The lowest BCUT2D eigenvalue weighted by Crippen LogP contribution is -2.68. The van der Waals surface area contributed by atoms with Crippen molar-refractivity contribution in [2.24, 2.45) is 29.6 Å². The Morgan fingerprint density at radius 3 is 0.772 bits per heavy atom. The van der Waals surface area contributed by atoms with E-state index in [9.17, 15) is 111 Å². The van der Waals surface area contributed by atoms with Crippen LogP contribution in [0.4, 0.5) is 96.6 Å². The zero-order valence-corrected chi connectivity index (χ0v) is 30.6. The van der Waals surface area contributed by atoms with Crippen molar-refractivity contribution in [1.82, 2.24) is 0 Å². The van der Waals surface area contributed by atoms with Crippen LogP contribution in [0.3, 0.4) is 0 Å². The molecule has 0 aliphatic carbocycles. The van der Waals surface area contributed by atoms with Crippen molar-refractivity contribution in [3.8, 4) is 0 Å². The van der Waals surface area contributed by atoms with Crippen molar-refractivity contribution >= 4 is 17.9 Å². The Morgan fingerprint density at radius 2 is 0.596 bits per heavy atom. The summed E-state index contributed by atoms with van der Waals surface area (Å²) < 4.78 is 275. The minimum atomic E-state index is -6.89. The van der Waals surface area contributed by atoms with Gasteiger partial charge in [-0.15, -0.1) is 0 Å². The molecule has 0 fully saturated rings. The lowest BCUT2D eigenvalue weighted by Gasteiger charge is -2.37. The molecule has 7 nitrogen and oxygen atoms in total. The van der Waals surface area contributed by atoms with E-state index in [-0.39, 0.29) is 0 Å². The van der Waals surface area contributed by atoms with Crippen LogP contribution >= 0.6 is 0 Å². The number of aliphatic hydroxyl groups is 1. The molecule has 0 saturated carbocycles. The van der Waals surface area contributed by atoms with Crippen LogP contribution in [0.15, 0.2) is 0 Å². The van der Waals surface area contributed by atoms with Crippen LogP contribution in [-0.2, 0) is 28.6 Å². The van der Waals surface area contributed by atoms with E-state index in [4.69, 9.17) is 5.11 Å². The summed E-state index contributed by atoms with van der Waals surface area (Å²) in [5, 5.41) is 8.41. The minimum Gasteiger partial charge on any atom is -0.432 e. The number of hydrogen-bond donors (Lipinski definition) is 1. The molecule has 0 spiro atoms. The van der Waals surface area contributed by atoms with Crippen molar-refractivity contribution in [2.45, 2.75) is 130 Å². The number of hydrogen-bond acceptors (Lipinski definition) is 7. The fourth-order valence-corrected chi connectivity index (χ4v) is 1.94. The molecule has 0 amide bonds. The molecule has 0 radical (unpaired) electrons. The molecule has 0 aromatic rings. The first-order valence-electron chi connectivity index (χ1n) is 14.9. The molecular weight excluding hydrogens is 866 g/mol. The molecule has 57 heavy (non-hydrogen) atoms. The lowest BCUT2D eigenvalue weighted by atomic mass is 10.0. The first kappa shape index (κ1) is 60.5. The zero-order chi connectivity index (χ0) is 47.7. The second-order valence-corrected chi connectivity index (χ2v) is 12.6. The van der Waals surface area contributed by atoms with E-state index >= 15 is 0 Å². The molecule has 0 heterocycles. The Morgan fingerprint density at radius 1 is 0.368 bits per heavy atom. The molecule has 29 heteroatoms. The van der Waals surface area contributed by atoms with Crippen molar-refractivity contribution in [2.75, 3.05) is 0 Å². The standard InChI is InChI=1S/C8H7F9O2.C7H7F7O2.C7H8F6O3.C6H14/c1-3(2)4(18)19-5(6(9,10)11,7(12,13)14)8(15,16)17;1-3(2)4(15)16-7(13,14)5(8,9)6(10,11)12;1-3(2)4(14)16-5(15,6(8,9)10)7(11,12)13;1-5(2)6(3)4/h3H,1-2H3;3H,1-2H3;3,15H,1-2H3;5-6H,1-4H3. The van der Waals surface area contributed by atoms with Crippen LogP contribution in [0.25, 0.3) is 0 Å². The third kappa shape index (κ3) is 16.5. The Balaban J connectivity index is -0.000000345. The maximum atomic E-state index is 12.4. The van der Waals surface area contributed by atoms with E-state index < -0.39 is 96.1 Å². The summed E-state index contributed by atoms with van der Waals surface area (Å²) in [7, 11) is 0. The average Bonchev–Trinajstić information content (AvgIpc) is 2.92. The van der Waals surface area contributed by atoms with Gasteiger partial charge in [0.1, 0.15) is 0 Å². The predicted octanol–water partition coefficient (Wildman–Crippen LogP) is 10.9. The number of halogens is 22. The van der Waals surface area contributed by atoms with Gasteiger partial charge in [-0.05, 0) is 11.8 Å². The lowest BCUT2D eigenvalue weighted by molar-refractivity contribution is -0.446. The molecule has 0 aromatic heterocycles. The Hall–Kier alpha value is -3.17. The summed E-state index contributed by atoms with van der Waals surface area (Å²) in [6, 6.07) is 0. The van der Waals surface area contributed by atoms with E-state index in [0.29, 0.717) is 0 Å². The molecule has 0 unspecified atom stereocenters. The van der Waals surface area contributed by atoms with Gasteiger partial charge in [-0.1, -0.05) is 69.2 Å². The number of ether oxygens (including phenoxy) is 3. The average molecular weight is 903 g/mol. The maximum absolute atomic E-state index is 12.4. The first-order valence-corrected chi connectivity index (χ1v) is 14.9. The first-order chi connectivity index (χ1) is 24.4. The van der Waals surface area contributed by atoms with Gasteiger partial charge >= 0.3 is 78.4 Å². The minimum absolute atomic E-state index is 0.788. The Labute approximate surface area is 308 Å². The molecule has 0 atom stereocenters. The molecule has 1 N–H and O–H groups in total. The quantitative estimate of drug-likeness (QED) is 0.112. The van der Waals surface area contributed by atoms with Crippen molar-refractivity contribution < 1.29 is 130 Å². The van der Waals surface area contributed by atoms with E-state index in [1.165, 1.54) is 0 Å². The summed E-state index contributed by atoms with van der Waals surface area (Å²) in [6.45, 7) is 14.6. The van der Waals surface area contributed by atoms with Gasteiger partial charge in [-0.2, -0.15) is 96.6 Å². The summed E-state index contributed by atoms with van der Waals surface area (Å²) in [6.07, 6.45) is -45.4. The molecule has 0 aromatic carbocycles. The highest BCUT2D eigenvalue weighted by molar-refractivity contribution is 5.73. The van der Waals surface area contributed by atoms with Gasteiger partial charge < -0.3 is 19.3 Å². The van der Waals surface area contributed by atoms with Crippen LogP contribution in [-0.4, -0.2) is 83.5 Å². The topological polar surface area (TPSA) is 99.1 Å². The Kier molecular flexibility index (Phi) is 21.4. The molecule has 0 aliphatic rings. The monoisotopic (exact) mass is 902 g/mol. The number of carbonyl (C=O) groups excluding carboxylic acids is 3. The van der Waals surface area contributed by atoms with Gasteiger partial charge in [0.15, 0.2) is 0 Å². The van der Waals surface area contributed by atoms with E-state index in [0.717, 1.165) is 53.4 Å². The van der Waals surface area contributed by atoms with Crippen molar-refractivity contribution in [3.05, 3.63) is 0 Å². The highest BCUT2D eigenvalue weighted by Gasteiger charge is 2.87. The molecule has 344 valence electrons. The highest BCUT2D eigenvalue weighted by atomic mass is 19.4. The third-order valence-electron chi connectivity index (χ3n) is 6.17. The maximum Gasteiger partial charge on any atom is 0.476 e. The van der Waals surface area contributed by atoms with Crippen molar-refractivity contribution in [1.29, 1.82) is 0 Å². The fourth-order valence-electron chi connectivity index (χ4n) is 1.94.